The SMILES string of the molecule is CC(=O)O[C@@H]1[C@@H](OC(C)=O)[C@H](N=[N+]=[N-])C[C@H](N=[N+]=[N-])[C@H]1O[C@H]1OC([C@@H](C2CC2)N(Cc2ccccc2)C(=O)OCc2ccccc2)CCC1N=[N+]=[N-]. The van der Waals surface area contributed by atoms with E-state index in [0.717, 1.165) is 37.8 Å². The van der Waals surface area contributed by atoms with Crippen LogP contribution in [0.4, 0.5) is 4.79 Å². The second-order valence-electron chi connectivity index (χ2n) is 12.9. The molecule has 18 nitrogen and oxygen atoms in total. The molecule has 3 aliphatic rings. The molecule has 0 bridgehead atoms. The van der Waals surface area contributed by atoms with Crippen molar-refractivity contribution < 1.29 is 38.1 Å². The number of hydrogen-bond acceptors (Lipinski definition) is 11. The second-order valence-corrected chi connectivity index (χ2v) is 12.9. The summed E-state index contributed by atoms with van der Waals surface area (Å²) in [5.41, 5.74) is 29.9. The predicted molar refractivity (Wildman–Crippen MR) is 182 cm³/mol. The normalized spacial score (nSPS) is 27.3. The van der Waals surface area contributed by atoms with Crippen molar-refractivity contribution in [3.05, 3.63) is 103 Å². The molecule has 52 heavy (non-hydrogen) atoms. The maximum atomic E-state index is 14.0. The first-order chi connectivity index (χ1) is 25.2. The van der Waals surface area contributed by atoms with Crippen molar-refractivity contribution in [3.8, 4) is 0 Å². The number of carbonyl (C=O) groups is 3. The van der Waals surface area contributed by atoms with Crippen molar-refractivity contribution in [1.29, 1.82) is 0 Å². The summed E-state index contributed by atoms with van der Waals surface area (Å²) in [6.45, 7) is 2.58. The summed E-state index contributed by atoms with van der Waals surface area (Å²) in [6.07, 6.45) is -4.16. The average molecular weight is 717 g/mol. The van der Waals surface area contributed by atoms with Gasteiger partial charge in [-0.25, -0.2) is 4.79 Å². The summed E-state index contributed by atoms with van der Waals surface area (Å²) < 4.78 is 30.0. The number of hydrogen-bond donors (Lipinski definition) is 0. The highest BCUT2D eigenvalue weighted by Crippen LogP contribution is 2.43. The van der Waals surface area contributed by atoms with Crippen molar-refractivity contribution in [3.63, 3.8) is 0 Å². The second kappa shape index (κ2) is 18.1. The van der Waals surface area contributed by atoms with Gasteiger partial charge in [-0.05, 0) is 65.7 Å². The van der Waals surface area contributed by atoms with Gasteiger partial charge >= 0.3 is 18.0 Å². The Morgan fingerprint density at radius 3 is 1.90 bits per heavy atom. The van der Waals surface area contributed by atoms with Crippen LogP contribution in [0.15, 0.2) is 76.0 Å². The first-order valence-corrected chi connectivity index (χ1v) is 17.0. The molecule has 18 heteroatoms. The van der Waals surface area contributed by atoms with Crippen LogP contribution in [0.5, 0.6) is 0 Å². The van der Waals surface area contributed by atoms with Crippen LogP contribution in [0.25, 0.3) is 31.3 Å². The Hall–Kier alpha value is -5.50. The number of rotatable bonds is 14. The molecule has 1 aliphatic heterocycles. The smallest absolute Gasteiger partial charge is 0.410 e. The van der Waals surface area contributed by atoms with E-state index in [1.54, 1.807) is 4.90 Å². The minimum Gasteiger partial charge on any atom is -0.458 e. The molecule has 0 spiro atoms. The van der Waals surface area contributed by atoms with Gasteiger partial charge < -0.3 is 23.7 Å². The Morgan fingerprint density at radius 2 is 1.33 bits per heavy atom. The molecule has 2 saturated carbocycles. The van der Waals surface area contributed by atoms with Crippen LogP contribution in [-0.4, -0.2) is 77.8 Å². The van der Waals surface area contributed by atoms with E-state index < -0.39 is 72.9 Å². The van der Waals surface area contributed by atoms with Gasteiger partial charge in [0.15, 0.2) is 12.4 Å². The van der Waals surface area contributed by atoms with E-state index in [9.17, 15) is 31.0 Å². The molecule has 2 aromatic rings. The Kier molecular flexibility index (Phi) is 13.2. The number of carbonyl (C=O) groups excluding carboxylic acids is 3. The first-order valence-electron chi connectivity index (χ1n) is 17.0. The molecule has 1 heterocycles. The van der Waals surface area contributed by atoms with Crippen LogP contribution in [0.3, 0.4) is 0 Å². The predicted octanol–water partition coefficient (Wildman–Crippen LogP) is 6.80. The Bertz CT molecular complexity index is 1700. The van der Waals surface area contributed by atoms with E-state index in [2.05, 4.69) is 30.1 Å². The minimum atomic E-state index is -1.40. The van der Waals surface area contributed by atoms with Crippen LogP contribution in [0.2, 0.25) is 0 Å². The number of esters is 2. The number of benzene rings is 2. The van der Waals surface area contributed by atoms with Crippen LogP contribution in [0, 0.1) is 5.92 Å². The third-order valence-electron chi connectivity index (χ3n) is 9.24. The fourth-order valence-electron chi connectivity index (χ4n) is 6.91. The quantitative estimate of drug-likeness (QED) is 0.0659. The van der Waals surface area contributed by atoms with Gasteiger partial charge in [0, 0.05) is 35.1 Å². The van der Waals surface area contributed by atoms with E-state index in [-0.39, 0.29) is 25.5 Å². The van der Waals surface area contributed by atoms with Crippen LogP contribution in [0.1, 0.15) is 57.1 Å². The molecule has 0 radical (unpaired) electrons. The van der Waals surface area contributed by atoms with Crippen molar-refractivity contribution in [2.75, 3.05) is 0 Å². The first kappa shape index (κ1) is 37.7. The molecule has 1 amide bonds. The average Bonchev–Trinajstić information content (AvgIpc) is 3.97. The summed E-state index contributed by atoms with van der Waals surface area (Å²) in [5, 5.41) is 11.5. The highest BCUT2D eigenvalue weighted by molar-refractivity contribution is 5.69. The highest BCUT2D eigenvalue weighted by atomic mass is 16.7. The molecule has 1 saturated heterocycles. The van der Waals surface area contributed by atoms with Crippen LogP contribution >= 0.6 is 0 Å². The lowest BCUT2D eigenvalue weighted by Crippen LogP contribution is -2.61. The molecule has 2 aliphatic carbocycles. The van der Waals surface area contributed by atoms with E-state index in [1.807, 2.05) is 60.7 Å². The van der Waals surface area contributed by atoms with Crippen molar-refractivity contribution in [2.24, 2.45) is 21.3 Å². The van der Waals surface area contributed by atoms with Crippen molar-refractivity contribution in [1.82, 2.24) is 4.90 Å². The zero-order chi connectivity index (χ0) is 37.0. The number of ether oxygens (including phenoxy) is 5. The van der Waals surface area contributed by atoms with Crippen molar-refractivity contribution in [2.45, 2.75) is 114 Å². The van der Waals surface area contributed by atoms with Gasteiger partial charge in [-0.1, -0.05) is 76.0 Å². The van der Waals surface area contributed by atoms with E-state index >= 15 is 0 Å². The maximum Gasteiger partial charge on any atom is 0.410 e. The third-order valence-corrected chi connectivity index (χ3v) is 9.24. The van der Waals surface area contributed by atoms with Crippen LogP contribution < -0.4 is 0 Å². The molecule has 2 unspecified atom stereocenters. The summed E-state index contributed by atoms with van der Waals surface area (Å²) in [5.74, 6) is -1.44. The maximum absolute atomic E-state index is 14.0. The molecule has 2 aromatic carbocycles. The fourth-order valence-corrected chi connectivity index (χ4v) is 6.91. The highest BCUT2D eigenvalue weighted by Gasteiger charge is 2.52. The lowest BCUT2D eigenvalue weighted by Gasteiger charge is -2.46. The van der Waals surface area contributed by atoms with Gasteiger partial charge in [-0.15, -0.1) is 0 Å². The molecule has 0 N–H and O–H groups in total. The van der Waals surface area contributed by atoms with E-state index in [0.29, 0.717) is 12.8 Å². The molecule has 274 valence electrons. The summed E-state index contributed by atoms with van der Waals surface area (Å²) in [6, 6.07) is 15.4. The molecule has 3 fully saturated rings. The molecular weight excluding hydrogens is 676 g/mol. The third kappa shape index (κ3) is 9.84. The topological polar surface area (TPSA) is 247 Å². The van der Waals surface area contributed by atoms with Gasteiger partial charge in [0.1, 0.15) is 18.8 Å². The fraction of sp³-hybridized carbons (Fsp3) is 0.559. The lowest BCUT2D eigenvalue weighted by atomic mass is 9.84. The lowest BCUT2D eigenvalue weighted by molar-refractivity contribution is -0.265. The standard InChI is InChI=1S/C34H40N10O8/c1-20(45)49-30-26(39-42-36)17-27(40-43-37)31(32(30)50-21(2)46)52-33-25(38-41-35)15-16-28(51-33)29(24-13-14-24)44(18-22-9-5-3-6-10-22)34(47)48-19-23-11-7-4-8-12-23/h3-12,24-33H,13-19H2,1-2H3/t25?,26-,27+,28?,29-,30+,31-,32-,33-/m1/s1. The zero-order valence-electron chi connectivity index (χ0n) is 28.7. The summed E-state index contributed by atoms with van der Waals surface area (Å²) >= 11 is 0. The Balaban J connectivity index is 1.47. The molecule has 9 atom stereocenters. The minimum absolute atomic E-state index is 0.0684. The van der Waals surface area contributed by atoms with Gasteiger partial charge in [0.25, 0.3) is 0 Å². The Morgan fingerprint density at radius 1 is 0.769 bits per heavy atom. The molecular formula is C34H40N10O8. The van der Waals surface area contributed by atoms with Gasteiger partial charge in [-0.2, -0.15) is 0 Å². The summed E-state index contributed by atoms with van der Waals surface area (Å²) in [7, 11) is 0. The molecule has 0 aromatic heterocycles. The Labute approximate surface area is 299 Å². The van der Waals surface area contributed by atoms with Gasteiger partial charge in [-0.3, -0.25) is 14.5 Å². The number of amides is 1. The van der Waals surface area contributed by atoms with Crippen LogP contribution in [-0.2, 0) is 46.4 Å². The van der Waals surface area contributed by atoms with Gasteiger partial charge in [0.05, 0.1) is 30.3 Å². The monoisotopic (exact) mass is 716 g/mol. The van der Waals surface area contributed by atoms with Crippen molar-refractivity contribution >= 4 is 18.0 Å². The zero-order valence-corrected chi connectivity index (χ0v) is 28.7. The van der Waals surface area contributed by atoms with E-state index in [1.165, 1.54) is 0 Å². The largest absolute Gasteiger partial charge is 0.458 e. The number of azide groups is 3. The molecule has 5 rings (SSSR count). The van der Waals surface area contributed by atoms with Gasteiger partial charge in [0.2, 0.25) is 0 Å². The number of nitrogens with zero attached hydrogens (tertiary/aromatic N) is 10. The van der Waals surface area contributed by atoms with E-state index in [4.69, 9.17) is 23.7 Å². The summed E-state index contributed by atoms with van der Waals surface area (Å²) in [4.78, 5) is 48.9.